The summed E-state index contributed by atoms with van der Waals surface area (Å²) >= 11 is 3.42. The normalized spacial score (nSPS) is 16.7. The predicted octanol–water partition coefficient (Wildman–Crippen LogP) is 3.65. The van der Waals surface area contributed by atoms with Gasteiger partial charge in [-0.25, -0.2) is 9.79 Å². The summed E-state index contributed by atoms with van der Waals surface area (Å²) in [5.74, 6) is -0.918. The lowest BCUT2D eigenvalue weighted by Crippen LogP contribution is -2.19. The van der Waals surface area contributed by atoms with Crippen LogP contribution in [0.5, 0.6) is 5.75 Å². The number of para-hydroxylation sites is 1. The van der Waals surface area contributed by atoms with Gasteiger partial charge in [-0.05, 0) is 64.7 Å². The molecule has 1 heterocycles. The van der Waals surface area contributed by atoms with Crippen molar-refractivity contribution in [3.8, 4) is 5.75 Å². The summed E-state index contributed by atoms with van der Waals surface area (Å²) in [5, 5.41) is 12.0. The van der Waals surface area contributed by atoms with Crippen LogP contribution in [-0.2, 0) is 9.59 Å². The second-order valence-corrected chi connectivity index (χ2v) is 7.46. The van der Waals surface area contributed by atoms with E-state index in [4.69, 9.17) is 9.84 Å². The second-order valence-electron chi connectivity index (χ2n) is 5.18. The van der Waals surface area contributed by atoms with Crippen molar-refractivity contribution >= 4 is 63.2 Å². The van der Waals surface area contributed by atoms with Crippen LogP contribution in [0.25, 0.3) is 6.08 Å². The number of hydrogen-bond acceptors (Lipinski definition) is 5. The van der Waals surface area contributed by atoms with Gasteiger partial charge in [0.1, 0.15) is 5.75 Å². The van der Waals surface area contributed by atoms with Crippen LogP contribution in [0.2, 0.25) is 0 Å². The molecule has 2 aromatic rings. The number of aliphatic carboxylic acids is 1. The smallest absolute Gasteiger partial charge is 0.341 e. The van der Waals surface area contributed by atoms with E-state index in [1.54, 1.807) is 30.3 Å². The monoisotopic (exact) mass is 480 g/mol. The van der Waals surface area contributed by atoms with Crippen molar-refractivity contribution in [3.05, 3.63) is 62.6 Å². The Hall–Kier alpha value is -2.33. The predicted molar refractivity (Wildman–Crippen MR) is 110 cm³/mol. The Labute approximate surface area is 167 Å². The van der Waals surface area contributed by atoms with Gasteiger partial charge >= 0.3 is 5.97 Å². The molecule has 8 heteroatoms. The molecule has 1 aliphatic heterocycles. The number of thioether (sulfide) groups is 1. The largest absolute Gasteiger partial charge is 0.481 e. The fraction of sp³-hybridized carbons (Fsp3) is 0.0556. The lowest BCUT2D eigenvalue weighted by molar-refractivity contribution is -0.139. The number of nitrogens with zero attached hydrogens (tertiary/aromatic N) is 1. The molecule has 1 fully saturated rings. The molecule has 0 aliphatic carbocycles. The van der Waals surface area contributed by atoms with Gasteiger partial charge in [-0.2, -0.15) is 0 Å². The van der Waals surface area contributed by atoms with Crippen molar-refractivity contribution in [1.29, 1.82) is 0 Å². The van der Waals surface area contributed by atoms with Gasteiger partial charge in [-0.1, -0.05) is 24.3 Å². The number of rotatable bonds is 5. The number of carboxylic acid groups (broad SMARTS) is 1. The first-order valence-electron chi connectivity index (χ1n) is 7.50. The first kappa shape index (κ1) is 18.5. The maximum atomic E-state index is 12.2. The maximum Gasteiger partial charge on any atom is 0.341 e. The molecule has 26 heavy (non-hydrogen) atoms. The number of nitrogens with one attached hydrogen (secondary N) is 1. The average molecular weight is 480 g/mol. The van der Waals surface area contributed by atoms with Gasteiger partial charge in [-0.3, -0.25) is 4.79 Å². The number of ether oxygens (including phenoxy) is 1. The van der Waals surface area contributed by atoms with Crippen LogP contribution in [0.3, 0.4) is 0 Å². The third kappa shape index (κ3) is 4.85. The van der Waals surface area contributed by atoms with Crippen LogP contribution in [-0.4, -0.2) is 28.8 Å². The molecule has 1 aliphatic rings. The van der Waals surface area contributed by atoms with E-state index in [0.29, 0.717) is 21.4 Å². The highest BCUT2D eigenvalue weighted by atomic mass is 127. The molecule has 2 aromatic carbocycles. The Morgan fingerprint density at radius 1 is 1.27 bits per heavy atom. The van der Waals surface area contributed by atoms with Crippen LogP contribution in [0, 0.1) is 3.57 Å². The van der Waals surface area contributed by atoms with Crippen LogP contribution in [0.15, 0.2) is 58.4 Å². The van der Waals surface area contributed by atoms with Gasteiger partial charge < -0.3 is 15.2 Å². The minimum absolute atomic E-state index is 0.257. The van der Waals surface area contributed by atoms with Gasteiger partial charge in [0, 0.05) is 9.13 Å². The molecule has 0 unspecified atom stereocenters. The third-order valence-corrected chi connectivity index (χ3v) is 4.83. The standard InChI is InChI=1S/C18H13IN2O4S/c19-12-5-3-6-13(9-12)20-18-21-17(24)15(26-18)8-11-4-1-2-7-14(11)25-10-16(22)23/h1-9H,10H2,(H,22,23)(H,20,21,24)/b15-8+. The minimum Gasteiger partial charge on any atom is -0.481 e. The molecule has 6 nitrogen and oxygen atoms in total. The van der Waals surface area contributed by atoms with Crippen LogP contribution in [0.4, 0.5) is 5.69 Å². The summed E-state index contributed by atoms with van der Waals surface area (Å²) in [4.78, 5) is 27.8. The number of carbonyl (C=O) groups excluding carboxylic acids is 1. The Bertz CT molecular complexity index is 927. The molecule has 0 saturated carbocycles. The summed E-state index contributed by atoms with van der Waals surface area (Å²) in [6.45, 7) is -0.446. The fourth-order valence-electron chi connectivity index (χ4n) is 2.16. The number of halogens is 1. The SMILES string of the molecule is O=C(O)COc1ccccc1/C=C1/SC(=Nc2cccc(I)c2)NC1=O. The Morgan fingerprint density at radius 2 is 2.08 bits per heavy atom. The van der Waals surface area contributed by atoms with E-state index < -0.39 is 12.6 Å². The highest BCUT2D eigenvalue weighted by Gasteiger charge is 2.24. The Morgan fingerprint density at radius 3 is 2.85 bits per heavy atom. The second kappa shape index (κ2) is 8.37. The summed E-state index contributed by atoms with van der Waals surface area (Å²) in [6.07, 6.45) is 1.66. The van der Waals surface area contributed by atoms with Crippen molar-refractivity contribution in [1.82, 2.24) is 5.32 Å². The minimum atomic E-state index is -1.06. The van der Waals surface area contributed by atoms with Crippen LogP contribution < -0.4 is 10.1 Å². The molecule has 132 valence electrons. The highest BCUT2D eigenvalue weighted by molar-refractivity contribution is 14.1. The van der Waals surface area contributed by atoms with E-state index in [1.807, 2.05) is 24.3 Å². The molecule has 1 amide bonds. The maximum absolute atomic E-state index is 12.2. The van der Waals surface area contributed by atoms with Crippen LogP contribution in [0.1, 0.15) is 5.56 Å². The first-order valence-corrected chi connectivity index (χ1v) is 9.39. The van der Waals surface area contributed by atoms with Crippen molar-refractivity contribution in [2.24, 2.45) is 4.99 Å². The molecular weight excluding hydrogens is 467 g/mol. The number of carboxylic acids is 1. The zero-order valence-corrected chi connectivity index (χ0v) is 16.3. The molecule has 0 spiro atoms. The Kier molecular flexibility index (Phi) is 5.94. The van der Waals surface area contributed by atoms with Crippen molar-refractivity contribution in [2.75, 3.05) is 6.61 Å². The van der Waals surface area contributed by atoms with E-state index in [1.165, 1.54) is 11.8 Å². The topological polar surface area (TPSA) is 88.0 Å². The summed E-state index contributed by atoms with van der Waals surface area (Å²) < 4.78 is 6.32. The van der Waals surface area contributed by atoms with Gasteiger partial charge in [0.15, 0.2) is 11.8 Å². The number of aliphatic imine (C=N–C) groups is 1. The zero-order chi connectivity index (χ0) is 18.5. The summed E-state index contributed by atoms with van der Waals surface area (Å²) in [5.41, 5.74) is 1.38. The molecular formula is C18H13IN2O4S. The lowest BCUT2D eigenvalue weighted by Gasteiger charge is -2.06. The quantitative estimate of drug-likeness (QED) is 0.504. The molecule has 2 N–H and O–H groups in total. The fourth-order valence-corrected chi connectivity index (χ4v) is 3.51. The summed E-state index contributed by atoms with van der Waals surface area (Å²) in [7, 11) is 0. The molecule has 0 aromatic heterocycles. The van der Waals surface area contributed by atoms with E-state index >= 15 is 0 Å². The number of hydrogen-bond donors (Lipinski definition) is 2. The van der Waals surface area contributed by atoms with E-state index in [0.717, 1.165) is 9.26 Å². The average Bonchev–Trinajstić information content (AvgIpc) is 2.93. The molecule has 0 atom stereocenters. The van der Waals surface area contributed by atoms with Gasteiger partial charge in [-0.15, -0.1) is 0 Å². The van der Waals surface area contributed by atoms with Gasteiger partial charge in [0.25, 0.3) is 5.91 Å². The molecule has 0 bridgehead atoms. The van der Waals surface area contributed by atoms with E-state index in [2.05, 4.69) is 32.9 Å². The van der Waals surface area contributed by atoms with Crippen molar-refractivity contribution in [2.45, 2.75) is 0 Å². The third-order valence-electron chi connectivity index (χ3n) is 3.25. The zero-order valence-electron chi connectivity index (χ0n) is 13.3. The number of amidine groups is 1. The molecule has 0 radical (unpaired) electrons. The number of carbonyl (C=O) groups is 2. The Balaban J connectivity index is 1.82. The van der Waals surface area contributed by atoms with Gasteiger partial charge in [0.2, 0.25) is 0 Å². The number of benzene rings is 2. The molecule has 3 rings (SSSR count). The van der Waals surface area contributed by atoms with Crippen molar-refractivity contribution in [3.63, 3.8) is 0 Å². The highest BCUT2D eigenvalue weighted by Crippen LogP contribution is 2.30. The number of amides is 1. The lowest BCUT2D eigenvalue weighted by atomic mass is 10.2. The van der Waals surface area contributed by atoms with Crippen LogP contribution >= 0.6 is 34.4 Å². The van der Waals surface area contributed by atoms with Gasteiger partial charge in [0.05, 0.1) is 10.6 Å². The van der Waals surface area contributed by atoms with E-state index in [-0.39, 0.29) is 5.91 Å². The molecule has 1 saturated heterocycles. The first-order chi connectivity index (χ1) is 12.5. The van der Waals surface area contributed by atoms with E-state index in [9.17, 15) is 9.59 Å². The van der Waals surface area contributed by atoms with Crippen molar-refractivity contribution < 1.29 is 19.4 Å². The summed E-state index contributed by atoms with van der Waals surface area (Å²) in [6, 6.07) is 14.6.